The van der Waals surface area contributed by atoms with Crippen molar-refractivity contribution in [2.24, 2.45) is 0 Å². The van der Waals surface area contributed by atoms with E-state index in [2.05, 4.69) is 26.3 Å². The summed E-state index contributed by atoms with van der Waals surface area (Å²) in [7, 11) is 0. The van der Waals surface area contributed by atoms with Crippen molar-refractivity contribution in [1.29, 1.82) is 5.26 Å². The Kier molecular flexibility index (Phi) is 4.95. The first-order chi connectivity index (χ1) is 11.1. The van der Waals surface area contributed by atoms with E-state index in [0.717, 1.165) is 25.1 Å². The highest BCUT2D eigenvalue weighted by molar-refractivity contribution is 7.98. The van der Waals surface area contributed by atoms with E-state index in [1.54, 1.807) is 6.20 Å². The van der Waals surface area contributed by atoms with Crippen LogP contribution in [-0.4, -0.2) is 33.8 Å². The molecule has 2 atom stereocenters. The zero-order valence-electron chi connectivity index (χ0n) is 12.5. The van der Waals surface area contributed by atoms with Crippen molar-refractivity contribution in [2.45, 2.75) is 36.4 Å². The van der Waals surface area contributed by atoms with E-state index in [-0.39, 0.29) is 22.6 Å². The molecule has 8 heteroatoms. The highest BCUT2D eigenvalue weighted by Gasteiger charge is 2.27. The first kappa shape index (κ1) is 16.4. The van der Waals surface area contributed by atoms with Gasteiger partial charge in [-0.15, -0.1) is 0 Å². The third-order valence-electron chi connectivity index (χ3n) is 4.05. The van der Waals surface area contributed by atoms with Gasteiger partial charge in [0, 0.05) is 23.5 Å². The third-order valence-corrected chi connectivity index (χ3v) is 4.86. The summed E-state index contributed by atoms with van der Waals surface area (Å²) in [5, 5.41) is 13.2. The van der Waals surface area contributed by atoms with Crippen LogP contribution in [0.15, 0.2) is 11.4 Å². The Morgan fingerprint density at radius 1 is 1.52 bits per heavy atom. The fraction of sp³-hybridized carbons (Fsp3) is 0.467. The molecule has 1 fully saturated rings. The van der Waals surface area contributed by atoms with Crippen LogP contribution in [0.5, 0.6) is 0 Å². The largest absolute Gasteiger partial charge is 0.313 e. The summed E-state index contributed by atoms with van der Waals surface area (Å²) in [5.41, 5.74) is 1.02. The molecule has 0 spiro atoms. The number of pyridine rings is 1. The molecule has 2 aromatic heterocycles. The molecule has 23 heavy (non-hydrogen) atoms. The van der Waals surface area contributed by atoms with Gasteiger partial charge >= 0.3 is 0 Å². The molecule has 120 valence electrons. The average Bonchev–Trinajstić information content (AvgIpc) is 2.58. The molecule has 0 radical (unpaired) electrons. The number of nitriles is 1. The van der Waals surface area contributed by atoms with Crippen molar-refractivity contribution in [3.63, 3.8) is 0 Å². The quantitative estimate of drug-likeness (QED) is 0.519. The standard InChI is InChI=1S/C15H15ClFN5S/c1-23-15-21-12(8-3-5-19-9(6-8)2-4-18)10-7-20-14(16)11(17)13(10)22-15/h7-9,19H,2-3,5-6H2,1H3/t8?,9-/m1/s1. The van der Waals surface area contributed by atoms with Crippen LogP contribution in [0.3, 0.4) is 0 Å². The van der Waals surface area contributed by atoms with Gasteiger partial charge in [0.25, 0.3) is 0 Å². The maximum Gasteiger partial charge on any atom is 0.188 e. The van der Waals surface area contributed by atoms with E-state index in [0.29, 0.717) is 17.0 Å². The summed E-state index contributed by atoms with van der Waals surface area (Å²) in [5.74, 6) is -0.459. The number of thioether (sulfide) groups is 1. The van der Waals surface area contributed by atoms with Gasteiger partial charge in [0.1, 0.15) is 5.52 Å². The lowest BCUT2D eigenvalue weighted by atomic mass is 9.87. The molecule has 5 nitrogen and oxygen atoms in total. The number of aromatic nitrogens is 3. The van der Waals surface area contributed by atoms with Crippen LogP contribution >= 0.6 is 23.4 Å². The molecule has 0 aromatic carbocycles. The molecular formula is C15H15ClFN5S. The van der Waals surface area contributed by atoms with E-state index >= 15 is 0 Å². The second-order valence-corrected chi connectivity index (χ2v) is 6.59. The van der Waals surface area contributed by atoms with Gasteiger partial charge in [0.05, 0.1) is 18.2 Å². The Hall–Kier alpha value is -1.49. The Bertz CT molecular complexity index is 779. The minimum Gasteiger partial charge on any atom is -0.313 e. The zero-order valence-corrected chi connectivity index (χ0v) is 14.1. The summed E-state index contributed by atoms with van der Waals surface area (Å²) in [4.78, 5) is 12.8. The molecule has 1 N–H and O–H groups in total. The topological polar surface area (TPSA) is 74.5 Å². The van der Waals surface area contributed by atoms with Crippen LogP contribution in [0, 0.1) is 17.1 Å². The monoisotopic (exact) mass is 351 g/mol. The summed E-state index contributed by atoms with van der Waals surface area (Å²) in [6.07, 6.45) is 5.52. The summed E-state index contributed by atoms with van der Waals surface area (Å²) < 4.78 is 14.3. The Labute approximate surface area is 142 Å². The number of piperidine rings is 1. The van der Waals surface area contributed by atoms with Crippen molar-refractivity contribution >= 4 is 34.3 Å². The van der Waals surface area contributed by atoms with Gasteiger partial charge in [0.2, 0.25) is 0 Å². The van der Waals surface area contributed by atoms with Gasteiger partial charge in [-0.3, -0.25) is 0 Å². The van der Waals surface area contributed by atoms with Gasteiger partial charge in [0.15, 0.2) is 16.1 Å². The molecule has 3 rings (SSSR count). The molecule has 1 saturated heterocycles. The molecule has 0 bridgehead atoms. The molecular weight excluding hydrogens is 337 g/mol. The van der Waals surface area contributed by atoms with Gasteiger partial charge in [-0.2, -0.15) is 5.26 Å². The molecule has 0 aliphatic carbocycles. The Morgan fingerprint density at radius 2 is 2.35 bits per heavy atom. The fourth-order valence-corrected chi connectivity index (χ4v) is 3.47. The summed E-state index contributed by atoms with van der Waals surface area (Å²) >= 11 is 7.15. The zero-order chi connectivity index (χ0) is 16.4. The van der Waals surface area contributed by atoms with E-state index in [1.165, 1.54) is 11.8 Å². The summed E-state index contributed by atoms with van der Waals surface area (Å²) in [6.45, 7) is 0.806. The van der Waals surface area contributed by atoms with Gasteiger partial charge < -0.3 is 5.32 Å². The number of nitrogens with one attached hydrogen (secondary N) is 1. The smallest absolute Gasteiger partial charge is 0.188 e. The SMILES string of the molecule is CSc1nc(C2CCN[C@H](CC#N)C2)c2cnc(Cl)c(F)c2n1. The first-order valence-corrected chi connectivity index (χ1v) is 8.90. The van der Waals surface area contributed by atoms with Crippen molar-refractivity contribution in [3.05, 3.63) is 22.9 Å². The minimum atomic E-state index is -0.606. The predicted octanol–water partition coefficient (Wildman–Crippen LogP) is 3.29. The van der Waals surface area contributed by atoms with Crippen LogP contribution in [0.1, 0.15) is 30.9 Å². The molecule has 1 aliphatic heterocycles. The number of halogens is 2. The maximum atomic E-state index is 14.3. The van der Waals surface area contributed by atoms with Crippen LogP contribution in [0.25, 0.3) is 10.9 Å². The van der Waals surface area contributed by atoms with E-state index < -0.39 is 5.82 Å². The van der Waals surface area contributed by atoms with E-state index in [4.69, 9.17) is 16.9 Å². The van der Waals surface area contributed by atoms with E-state index in [1.807, 2.05) is 6.26 Å². The first-order valence-electron chi connectivity index (χ1n) is 7.30. The van der Waals surface area contributed by atoms with Crippen molar-refractivity contribution < 1.29 is 4.39 Å². The van der Waals surface area contributed by atoms with Crippen molar-refractivity contribution in [1.82, 2.24) is 20.3 Å². The van der Waals surface area contributed by atoms with Crippen LogP contribution in [0.2, 0.25) is 5.15 Å². The lowest BCUT2D eigenvalue weighted by Crippen LogP contribution is -2.37. The molecule has 2 aromatic rings. The van der Waals surface area contributed by atoms with Crippen LogP contribution in [-0.2, 0) is 0 Å². The Balaban J connectivity index is 2.09. The van der Waals surface area contributed by atoms with Gasteiger partial charge in [-0.1, -0.05) is 23.4 Å². The number of rotatable bonds is 3. The number of hydrogen-bond donors (Lipinski definition) is 1. The molecule has 3 heterocycles. The lowest BCUT2D eigenvalue weighted by molar-refractivity contribution is 0.361. The Morgan fingerprint density at radius 3 is 3.09 bits per heavy atom. The molecule has 0 saturated carbocycles. The summed E-state index contributed by atoms with van der Waals surface area (Å²) in [6, 6.07) is 2.33. The number of hydrogen-bond acceptors (Lipinski definition) is 6. The second kappa shape index (κ2) is 6.95. The molecule has 0 amide bonds. The van der Waals surface area contributed by atoms with Gasteiger partial charge in [-0.05, 0) is 25.6 Å². The maximum absolute atomic E-state index is 14.3. The fourth-order valence-electron chi connectivity index (χ4n) is 2.96. The van der Waals surface area contributed by atoms with Crippen molar-refractivity contribution in [3.8, 4) is 6.07 Å². The normalized spacial score (nSPS) is 21.3. The highest BCUT2D eigenvalue weighted by Crippen LogP contribution is 2.34. The minimum absolute atomic E-state index is 0.131. The predicted molar refractivity (Wildman–Crippen MR) is 88.1 cm³/mol. The van der Waals surface area contributed by atoms with Crippen LogP contribution in [0.4, 0.5) is 4.39 Å². The molecule has 1 aliphatic rings. The lowest BCUT2D eigenvalue weighted by Gasteiger charge is -2.29. The highest BCUT2D eigenvalue weighted by atomic mass is 35.5. The number of fused-ring (bicyclic) bond motifs is 1. The van der Waals surface area contributed by atoms with E-state index in [9.17, 15) is 4.39 Å². The average molecular weight is 352 g/mol. The van der Waals surface area contributed by atoms with Crippen LogP contribution < -0.4 is 5.32 Å². The number of nitrogens with zero attached hydrogens (tertiary/aromatic N) is 4. The second-order valence-electron chi connectivity index (χ2n) is 5.46. The van der Waals surface area contributed by atoms with Crippen molar-refractivity contribution in [2.75, 3.05) is 12.8 Å². The molecule has 1 unspecified atom stereocenters. The third kappa shape index (κ3) is 3.25. The van der Waals surface area contributed by atoms with Gasteiger partial charge in [-0.25, -0.2) is 19.3 Å².